The van der Waals surface area contributed by atoms with E-state index in [2.05, 4.69) is 5.32 Å². The molecule has 1 fully saturated rings. The van der Waals surface area contributed by atoms with Gasteiger partial charge in [0.05, 0.1) is 5.54 Å². The highest BCUT2D eigenvalue weighted by atomic mass is 19.1. The summed E-state index contributed by atoms with van der Waals surface area (Å²) in [5.74, 6) is -0.416. The molecule has 1 aliphatic rings. The van der Waals surface area contributed by atoms with Crippen molar-refractivity contribution < 1.29 is 9.18 Å². The summed E-state index contributed by atoms with van der Waals surface area (Å²) in [4.78, 5) is 12.2. The molecule has 1 heterocycles. The molecule has 1 aromatic carbocycles. The van der Waals surface area contributed by atoms with E-state index in [1.54, 1.807) is 28.8 Å². The fourth-order valence-electron chi connectivity index (χ4n) is 2.41. The molecule has 3 rings (SSSR count). The Morgan fingerprint density at radius 1 is 1.26 bits per heavy atom. The molecule has 98 valence electrons. The van der Waals surface area contributed by atoms with Crippen molar-refractivity contribution in [1.29, 1.82) is 0 Å². The molecule has 0 unspecified atom stereocenters. The van der Waals surface area contributed by atoms with E-state index in [1.165, 1.54) is 6.07 Å². The minimum Gasteiger partial charge on any atom is -0.347 e. The van der Waals surface area contributed by atoms with Crippen LogP contribution in [0, 0.1) is 5.82 Å². The lowest BCUT2D eigenvalue weighted by atomic mass is 10.0. The van der Waals surface area contributed by atoms with Gasteiger partial charge in [0.15, 0.2) is 0 Å². The summed E-state index contributed by atoms with van der Waals surface area (Å²) in [6.07, 6.45) is 3.38. The Kier molecular flexibility index (Phi) is 2.66. The number of nitrogens with one attached hydrogen (secondary N) is 1. The van der Waals surface area contributed by atoms with Crippen LogP contribution in [0.25, 0.3) is 0 Å². The molecule has 2 aromatic rings. The highest BCUT2D eigenvalue weighted by molar-refractivity contribution is 5.93. The first-order valence-corrected chi connectivity index (χ1v) is 6.31. The summed E-state index contributed by atoms with van der Waals surface area (Å²) in [5, 5.41) is 2.97. The lowest BCUT2D eigenvalue weighted by molar-refractivity contribution is 0.0922. The average molecular weight is 258 g/mol. The number of carbonyl (C=O) groups is 1. The van der Waals surface area contributed by atoms with Crippen molar-refractivity contribution in [2.75, 3.05) is 0 Å². The monoisotopic (exact) mass is 258 g/mol. The molecular weight excluding hydrogens is 243 g/mol. The standard InChI is InChI=1S/C15H15FN2O/c1-18-10-4-7-13(18)14(19)17-15(8-9-15)11-5-2-3-6-12(11)16/h2-7,10H,8-9H2,1H3,(H,17,19). The lowest BCUT2D eigenvalue weighted by Crippen LogP contribution is -2.36. The third-order valence-electron chi connectivity index (χ3n) is 3.67. The van der Waals surface area contributed by atoms with Gasteiger partial charge in [0.25, 0.3) is 5.91 Å². The number of halogens is 1. The molecule has 0 spiro atoms. The third-order valence-corrected chi connectivity index (χ3v) is 3.67. The van der Waals surface area contributed by atoms with E-state index in [-0.39, 0.29) is 11.7 Å². The summed E-state index contributed by atoms with van der Waals surface area (Å²) < 4.78 is 15.6. The highest BCUT2D eigenvalue weighted by Gasteiger charge is 2.47. The van der Waals surface area contributed by atoms with Crippen molar-refractivity contribution in [2.24, 2.45) is 7.05 Å². The van der Waals surface area contributed by atoms with Gasteiger partial charge < -0.3 is 9.88 Å². The minimum absolute atomic E-state index is 0.159. The Bertz CT molecular complexity index is 629. The quantitative estimate of drug-likeness (QED) is 0.902. The predicted molar refractivity (Wildman–Crippen MR) is 70.2 cm³/mol. The Hall–Kier alpha value is -2.10. The molecule has 3 nitrogen and oxygen atoms in total. The number of aryl methyl sites for hydroxylation is 1. The summed E-state index contributed by atoms with van der Waals surface area (Å²) in [5.41, 5.74) is 0.646. The molecule has 0 bridgehead atoms. The van der Waals surface area contributed by atoms with E-state index < -0.39 is 5.54 Å². The van der Waals surface area contributed by atoms with Crippen LogP contribution in [0.15, 0.2) is 42.6 Å². The largest absolute Gasteiger partial charge is 0.347 e. The smallest absolute Gasteiger partial charge is 0.268 e. The van der Waals surface area contributed by atoms with Crippen molar-refractivity contribution in [3.63, 3.8) is 0 Å². The Labute approximate surface area is 111 Å². The molecule has 4 heteroatoms. The fraction of sp³-hybridized carbons (Fsp3) is 0.267. The molecule has 0 atom stereocenters. The van der Waals surface area contributed by atoms with Gasteiger partial charge in [-0.15, -0.1) is 0 Å². The first-order valence-electron chi connectivity index (χ1n) is 6.31. The molecule has 1 amide bonds. The molecule has 0 saturated heterocycles. The van der Waals surface area contributed by atoms with Gasteiger partial charge in [-0.25, -0.2) is 4.39 Å². The van der Waals surface area contributed by atoms with Crippen LogP contribution >= 0.6 is 0 Å². The molecule has 1 saturated carbocycles. The summed E-state index contributed by atoms with van der Waals surface area (Å²) in [6, 6.07) is 10.2. The second kappa shape index (κ2) is 4.23. The number of rotatable bonds is 3. The zero-order valence-corrected chi connectivity index (χ0v) is 10.7. The van der Waals surface area contributed by atoms with Gasteiger partial charge in [-0.1, -0.05) is 18.2 Å². The molecular formula is C15H15FN2O. The van der Waals surface area contributed by atoms with Crippen molar-refractivity contribution in [3.8, 4) is 0 Å². The predicted octanol–water partition coefficient (Wildman–Crippen LogP) is 2.58. The fourth-order valence-corrected chi connectivity index (χ4v) is 2.41. The van der Waals surface area contributed by atoms with Gasteiger partial charge in [0.1, 0.15) is 11.5 Å². The average Bonchev–Trinajstić information content (AvgIpc) is 3.02. The van der Waals surface area contributed by atoms with Gasteiger partial charge in [-0.2, -0.15) is 0 Å². The topological polar surface area (TPSA) is 34.0 Å². The molecule has 0 radical (unpaired) electrons. The first kappa shape index (κ1) is 12.0. The number of hydrogen-bond donors (Lipinski definition) is 1. The van der Waals surface area contributed by atoms with Gasteiger partial charge in [-0.3, -0.25) is 4.79 Å². The van der Waals surface area contributed by atoms with Crippen LogP contribution in [0.5, 0.6) is 0 Å². The van der Waals surface area contributed by atoms with Gasteiger partial charge >= 0.3 is 0 Å². The second-order valence-electron chi connectivity index (χ2n) is 5.02. The number of aromatic nitrogens is 1. The van der Waals surface area contributed by atoms with Gasteiger partial charge in [0.2, 0.25) is 0 Å². The van der Waals surface area contributed by atoms with E-state index in [9.17, 15) is 9.18 Å². The number of benzene rings is 1. The minimum atomic E-state index is -0.521. The van der Waals surface area contributed by atoms with E-state index in [4.69, 9.17) is 0 Å². The van der Waals surface area contributed by atoms with E-state index in [1.807, 2.05) is 19.3 Å². The first-order chi connectivity index (χ1) is 9.12. The second-order valence-corrected chi connectivity index (χ2v) is 5.02. The molecule has 0 aliphatic heterocycles. The van der Waals surface area contributed by atoms with Crippen LogP contribution in [0.2, 0.25) is 0 Å². The molecule has 19 heavy (non-hydrogen) atoms. The van der Waals surface area contributed by atoms with Crippen molar-refractivity contribution in [1.82, 2.24) is 9.88 Å². The number of amides is 1. The Balaban J connectivity index is 1.86. The maximum absolute atomic E-state index is 13.8. The van der Waals surface area contributed by atoms with E-state index >= 15 is 0 Å². The highest BCUT2D eigenvalue weighted by Crippen LogP contribution is 2.46. The van der Waals surface area contributed by atoms with Gasteiger partial charge in [-0.05, 0) is 31.0 Å². The summed E-state index contributed by atoms with van der Waals surface area (Å²) >= 11 is 0. The number of nitrogens with zero attached hydrogens (tertiary/aromatic N) is 1. The Morgan fingerprint density at radius 3 is 2.58 bits per heavy atom. The van der Waals surface area contributed by atoms with Crippen LogP contribution in [-0.4, -0.2) is 10.5 Å². The van der Waals surface area contributed by atoms with Gasteiger partial charge in [0, 0.05) is 18.8 Å². The molecule has 1 N–H and O–H groups in total. The Morgan fingerprint density at radius 2 is 2.00 bits per heavy atom. The summed E-state index contributed by atoms with van der Waals surface area (Å²) in [6.45, 7) is 0. The lowest BCUT2D eigenvalue weighted by Gasteiger charge is -2.18. The number of hydrogen-bond acceptors (Lipinski definition) is 1. The van der Waals surface area contributed by atoms with Crippen LogP contribution < -0.4 is 5.32 Å². The third kappa shape index (κ3) is 2.03. The van der Waals surface area contributed by atoms with Crippen molar-refractivity contribution >= 4 is 5.91 Å². The normalized spacial score (nSPS) is 16.1. The van der Waals surface area contributed by atoms with E-state index in [0.717, 1.165) is 12.8 Å². The maximum atomic E-state index is 13.8. The molecule has 1 aliphatic carbocycles. The van der Waals surface area contributed by atoms with Crippen LogP contribution in [-0.2, 0) is 12.6 Å². The zero-order chi connectivity index (χ0) is 13.5. The van der Waals surface area contributed by atoms with Crippen LogP contribution in [0.4, 0.5) is 4.39 Å². The molecule has 1 aromatic heterocycles. The SMILES string of the molecule is Cn1cccc1C(=O)NC1(c2ccccc2F)CC1. The van der Waals surface area contributed by atoms with Crippen LogP contribution in [0.3, 0.4) is 0 Å². The zero-order valence-electron chi connectivity index (χ0n) is 10.7. The van der Waals surface area contributed by atoms with Crippen molar-refractivity contribution in [3.05, 3.63) is 59.7 Å². The maximum Gasteiger partial charge on any atom is 0.268 e. The number of carbonyl (C=O) groups excluding carboxylic acids is 1. The van der Waals surface area contributed by atoms with E-state index in [0.29, 0.717) is 11.3 Å². The summed E-state index contributed by atoms with van der Waals surface area (Å²) in [7, 11) is 1.82. The van der Waals surface area contributed by atoms with Crippen molar-refractivity contribution in [2.45, 2.75) is 18.4 Å². The van der Waals surface area contributed by atoms with Crippen LogP contribution in [0.1, 0.15) is 28.9 Å².